The molecule has 0 spiro atoms. The van der Waals surface area contributed by atoms with Gasteiger partial charge in [-0.1, -0.05) is 0 Å². The Hall–Kier alpha value is -1.46. The number of hydrogen-bond acceptors (Lipinski definition) is 4. The average Bonchev–Trinajstić information content (AvgIpc) is 2.31. The van der Waals surface area contributed by atoms with E-state index in [1.807, 2.05) is 6.92 Å². The van der Waals surface area contributed by atoms with Crippen LogP contribution in [-0.4, -0.2) is 37.4 Å². The third-order valence-corrected chi connectivity index (χ3v) is 2.17. The standard InChI is InChI=1S/C11H16N2O3/c1-8(11(15-2)16-3)13-10(14)9-4-6-12-7-5-9/h4-8,11H,1-3H3,(H,13,14). The number of hydrogen-bond donors (Lipinski definition) is 1. The van der Waals surface area contributed by atoms with Gasteiger partial charge in [0.2, 0.25) is 0 Å². The number of carbonyl (C=O) groups excluding carboxylic acids is 1. The van der Waals surface area contributed by atoms with Gasteiger partial charge in [0, 0.05) is 32.2 Å². The van der Waals surface area contributed by atoms with Crippen LogP contribution in [0.5, 0.6) is 0 Å². The molecule has 1 N–H and O–H groups in total. The van der Waals surface area contributed by atoms with Crippen LogP contribution in [0.4, 0.5) is 0 Å². The minimum Gasteiger partial charge on any atom is -0.354 e. The molecule has 88 valence electrons. The van der Waals surface area contributed by atoms with Crippen LogP contribution in [0.15, 0.2) is 24.5 Å². The molecule has 0 aliphatic carbocycles. The smallest absolute Gasteiger partial charge is 0.251 e. The Morgan fingerprint density at radius 3 is 2.38 bits per heavy atom. The summed E-state index contributed by atoms with van der Waals surface area (Å²) < 4.78 is 10.1. The maximum absolute atomic E-state index is 11.7. The maximum atomic E-state index is 11.7. The van der Waals surface area contributed by atoms with E-state index in [1.54, 1.807) is 24.5 Å². The van der Waals surface area contributed by atoms with E-state index >= 15 is 0 Å². The molecule has 1 atom stereocenters. The van der Waals surface area contributed by atoms with Crippen molar-refractivity contribution in [1.82, 2.24) is 10.3 Å². The second-order valence-electron chi connectivity index (χ2n) is 3.34. The molecular weight excluding hydrogens is 208 g/mol. The van der Waals surface area contributed by atoms with Gasteiger partial charge in [0.1, 0.15) is 0 Å². The van der Waals surface area contributed by atoms with E-state index < -0.39 is 6.29 Å². The number of nitrogens with zero attached hydrogens (tertiary/aromatic N) is 1. The van der Waals surface area contributed by atoms with Gasteiger partial charge in [-0.2, -0.15) is 0 Å². The molecule has 1 aromatic heterocycles. The molecule has 0 aliphatic heterocycles. The Bertz CT molecular complexity index is 325. The predicted molar refractivity (Wildman–Crippen MR) is 59.0 cm³/mol. The fourth-order valence-corrected chi connectivity index (χ4v) is 1.37. The van der Waals surface area contributed by atoms with Crippen LogP contribution < -0.4 is 5.32 Å². The summed E-state index contributed by atoms with van der Waals surface area (Å²) in [5.74, 6) is -0.172. The number of amides is 1. The molecule has 1 rings (SSSR count). The van der Waals surface area contributed by atoms with E-state index in [0.29, 0.717) is 5.56 Å². The van der Waals surface area contributed by atoms with Crippen LogP contribution in [0.1, 0.15) is 17.3 Å². The van der Waals surface area contributed by atoms with E-state index in [1.165, 1.54) is 14.2 Å². The molecule has 0 saturated heterocycles. The van der Waals surface area contributed by atoms with Gasteiger partial charge in [-0.25, -0.2) is 0 Å². The minimum atomic E-state index is -0.453. The Morgan fingerprint density at radius 1 is 1.31 bits per heavy atom. The summed E-state index contributed by atoms with van der Waals surface area (Å²) in [5, 5.41) is 2.78. The third kappa shape index (κ3) is 3.29. The Balaban J connectivity index is 2.58. The highest BCUT2D eigenvalue weighted by atomic mass is 16.7. The van der Waals surface area contributed by atoms with Crippen molar-refractivity contribution < 1.29 is 14.3 Å². The molecule has 1 unspecified atom stereocenters. The van der Waals surface area contributed by atoms with Gasteiger partial charge in [-0.05, 0) is 19.1 Å². The first-order valence-corrected chi connectivity index (χ1v) is 4.95. The van der Waals surface area contributed by atoms with Crippen molar-refractivity contribution in [2.75, 3.05) is 14.2 Å². The van der Waals surface area contributed by atoms with E-state index in [-0.39, 0.29) is 11.9 Å². The van der Waals surface area contributed by atoms with E-state index in [9.17, 15) is 4.79 Å². The van der Waals surface area contributed by atoms with E-state index in [2.05, 4.69) is 10.3 Å². The van der Waals surface area contributed by atoms with Gasteiger partial charge in [-0.3, -0.25) is 9.78 Å². The number of rotatable bonds is 5. The van der Waals surface area contributed by atoms with Crippen molar-refractivity contribution in [3.63, 3.8) is 0 Å². The maximum Gasteiger partial charge on any atom is 0.251 e. The first kappa shape index (κ1) is 12.6. The zero-order valence-corrected chi connectivity index (χ0v) is 9.64. The molecule has 1 heterocycles. The van der Waals surface area contributed by atoms with Crippen LogP contribution in [0.2, 0.25) is 0 Å². The largest absolute Gasteiger partial charge is 0.354 e. The first-order chi connectivity index (χ1) is 7.69. The number of carbonyl (C=O) groups is 1. The third-order valence-electron chi connectivity index (χ3n) is 2.17. The Labute approximate surface area is 94.8 Å². The molecule has 0 fully saturated rings. The topological polar surface area (TPSA) is 60.5 Å². The fraction of sp³-hybridized carbons (Fsp3) is 0.455. The van der Waals surface area contributed by atoms with E-state index in [0.717, 1.165) is 0 Å². The molecule has 1 amide bonds. The minimum absolute atomic E-state index is 0.172. The summed E-state index contributed by atoms with van der Waals surface area (Å²) in [7, 11) is 3.06. The summed E-state index contributed by atoms with van der Waals surface area (Å²) in [6.45, 7) is 1.82. The van der Waals surface area contributed by atoms with Crippen molar-refractivity contribution in [3.05, 3.63) is 30.1 Å². The Kier molecular flexibility index (Phi) is 4.88. The number of ether oxygens (including phenoxy) is 2. The molecule has 0 aromatic carbocycles. The average molecular weight is 224 g/mol. The molecule has 16 heavy (non-hydrogen) atoms. The van der Waals surface area contributed by atoms with Crippen molar-refractivity contribution in [1.29, 1.82) is 0 Å². The van der Waals surface area contributed by atoms with Crippen LogP contribution in [-0.2, 0) is 9.47 Å². The number of methoxy groups -OCH3 is 2. The Morgan fingerprint density at radius 2 is 1.88 bits per heavy atom. The van der Waals surface area contributed by atoms with Crippen molar-refractivity contribution in [2.24, 2.45) is 0 Å². The van der Waals surface area contributed by atoms with E-state index in [4.69, 9.17) is 9.47 Å². The molecule has 0 radical (unpaired) electrons. The van der Waals surface area contributed by atoms with Crippen LogP contribution in [0.3, 0.4) is 0 Å². The SMILES string of the molecule is COC(OC)C(C)NC(=O)c1ccncc1. The summed E-state index contributed by atoms with van der Waals surface area (Å²) in [6, 6.07) is 3.07. The van der Waals surface area contributed by atoms with Gasteiger partial charge in [0.05, 0.1) is 6.04 Å². The van der Waals surface area contributed by atoms with Gasteiger partial charge >= 0.3 is 0 Å². The molecule has 0 aliphatic rings. The molecule has 0 saturated carbocycles. The molecular formula is C11H16N2O3. The summed E-state index contributed by atoms with van der Waals surface area (Å²) in [4.78, 5) is 15.6. The molecule has 5 nitrogen and oxygen atoms in total. The number of pyridine rings is 1. The highest BCUT2D eigenvalue weighted by Gasteiger charge is 2.18. The van der Waals surface area contributed by atoms with Crippen molar-refractivity contribution >= 4 is 5.91 Å². The van der Waals surface area contributed by atoms with Gasteiger partial charge in [-0.15, -0.1) is 0 Å². The lowest BCUT2D eigenvalue weighted by atomic mass is 10.2. The zero-order chi connectivity index (χ0) is 12.0. The lowest BCUT2D eigenvalue weighted by Crippen LogP contribution is -2.42. The highest BCUT2D eigenvalue weighted by molar-refractivity contribution is 5.94. The number of aromatic nitrogens is 1. The molecule has 5 heteroatoms. The van der Waals surface area contributed by atoms with Crippen LogP contribution in [0, 0.1) is 0 Å². The second-order valence-corrected chi connectivity index (χ2v) is 3.34. The molecule has 0 bridgehead atoms. The van der Waals surface area contributed by atoms with Crippen molar-refractivity contribution in [3.8, 4) is 0 Å². The summed E-state index contributed by atoms with van der Waals surface area (Å²) >= 11 is 0. The fourth-order valence-electron chi connectivity index (χ4n) is 1.37. The quantitative estimate of drug-likeness (QED) is 0.752. The first-order valence-electron chi connectivity index (χ1n) is 4.95. The van der Waals surface area contributed by atoms with Crippen molar-refractivity contribution in [2.45, 2.75) is 19.3 Å². The zero-order valence-electron chi connectivity index (χ0n) is 9.64. The number of nitrogens with one attached hydrogen (secondary N) is 1. The predicted octanol–water partition coefficient (Wildman–Crippen LogP) is 0.819. The second kappa shape index (κ2) is 6.19. The normalized spacial score (nSPS) is 12.5. The highest BCUT2D eigenvalue weighted by Crippen LogP contribution is 2.01. The van der Waals surface area contributed by atoms with Gasteiger partial charge in [0.15, 0.2) is 6.29 Å². The lowest BCUT2D eigenvalue weighted by Gasteiger charge is -2.22. The summed E-state index contributed by atoms with van der Waals surface area (Å²) in [5.41, 5.74) is 0.563. The molecule has 1 aromatic rings. The van der Waals surface area contributed by atoms with Crippen LogP contribution in [0.25, 0.3) is 0 Å². The van der Waals surface area contributed by atoms with Crippen LogP contribution >= 0.6 is 0 Å². The van der Waals surface area contributed by atoms with Gasteiger partial charge in [0.25, 0.3) is 5.91 Å². The monoisotopic (exact) mass is 224 g/mol. The summed E-state index contributed by atoms with van der Waals surface area (Å²) in [6.07, 6.45) is 2.69. The lowest BCUT2D eigenvalue weighted by molar-refractivity contribution is -0.117. The van der Waals surface area contributed by atoms with Gasteiger partial charge < -0.3 is 14.8 Å².